The maximum absolute atomic E-state index is 12.6. The molecule has 0 spiro atoms. The standard InChI is InChI=1S/C21H16N2O5/c24-19-17-11-5-6-12(9-11)18(17)20(25)23(19)22-10-13-7-8-16(28-13)14-3-1-2-4-15(14)21(26)27/h1-8,10-12,17-18H,9H2,(H,26,27)/b22-10-/t11-,12+,17-,18+. The normalized spacial score (nSPS) is 27.9. The highest BCUT2D eigenvalue weighted by Crippen LogP contribution is 2.52. The number of hydrogen-bond donors (Lipinski definition) is 1. The molecule has 7 heteroatoms. The molecule has 0 unspecified atom stereocenters. The number of carboxylic acid groups (broad SMARTS) is 1. The van der Waals surface area contributed by atoms with E-state index < -0.39 is 5.97 Å². The van der Waals surface area contributed by atoms with E-state index in [-0.39, 0.29) is 41.0 Å². The monoisotopic (exact) mass is 376 g/mol. The maximum atomic E-state index is 12.6. The molecule has 1 saturated heterocycles. The van der Waals surface area contributed by atoms with E-state index in [1.54, 1.807) is 30.3 Å². The lowest BCUT2D eigenvalue weighted by Crippen LogP contribution is -2.28. The van der Waals surface area contributed by atoms with Crippen molar-refractivity contribution in [3.63, 3.8) is 0 Å². The van der Waals surface area contributed by atoms with Gasteiger partial charge in [0, 0.05) is 5.56 Å². The molecule has 1 saturated carbocycles. The Hall–Kier alpha value is -3.48. The highest BCUT2D eigenvalue weighted by Gasteiger charge is 2.59. The van der Waals surface area contributed by atoms with Gasteiger partial charge in [0.1, 0.15) is 11.5 Å². The predicted molar refractivity (Wildman–Crippen MR) is 98.3 cm³/mol. The number of carbonyl (C=O) groups is 3. The molecule has 0 radical (unpaired) electrons. The van der Waals surface area contributed by atoms with Crippen LogP contribution in [-0.4, -0.2) is 34.1 Å². The van der Waals surface area contributed by atoms with Gasteiger partial charge in [0.25, 0.3) is 11.8 Å². The zero-order valence-corrected chi connectivity index (χ0v) is 14.7. The number of fused-ring (bicyclic) bond motifs is 5. The molecule has 140 valence electrons. The summed E-state index contributed by atoms with van der Waals surface area (Å²) in [5.74, 6) is -1.19. The molecule has 2 heterocycles. The molecule has 5 rings (SSSR count). The summed E-state index contributed by atoms with van der Waals surface area (Å²) in [6, 6.07) is 9.77. The molecule has 1 aliphatic heterocycles. The minimum atomic E-state index is -1.05. The molecule has 1 aromatic heterocycles. The summed E-state index contributed by atoms with van der Waals surface area (Å²) in [4.78, 5) is 36.6. The van der Waals surface area contributed by atoms with Crippen LogP contribution in [0.15, 0.2) is 58.1 Å². The molecule has 2 amide bonds. The van der Waals surface area contributed by atoms with Crippen molar-refractivity contribution < 1.29 is 23.9 Å². The zero-order chi connectivity index (χ0) is 19.4. The van der Waals surface area contributed by atoms with E-state index in [1.807, 2.05) is 12.2 Å². The van der Waals surface area contributed by atoms with E-state index in [1.165, 1.54) is 12.3 Å². The number of benzene rings is 1. The largest absolute Gasteiger partial charge is 0.478 e. The second-order valence-electron chi connectivity index (χ2n) is 7.29. The Morgan fingerprint density at radius 2 is 1.75 bits per heavy atom. The van der Waals surface area contributed by atoms with Crippen LogP contribution in [-0.2, 0) is 9.59 Å². The molecule has 1 aromatic carbocycles. The number of rotatable bonds is 4. The minimum absolute atomic E-state index is 0.126. The van der Waals surface area contributed by atoms with Gasteiger partial charge >= 0.3 is 5.97 Å². The van der Waals surface area contributed by atoms with Crippen molar-refractivity contribution in [1.29, 1.82) is 0 Å². The first kappa shape index (κ1) is 16.7. The molecule has 2 bridgehead atoms. The zero-order valence-electron chi connectivity index (χ0n) is 14.7. The molecule has 3 aliphatic rings. The molecule has 2 fully saturated rings. The highest BCUT2D eigenvalue weighted by molar-refractivity contribution is 6.06. The lowest BCUT2D eigenvalue weighted by Gasteiger charge is -2.13. The lowest BCUT2D eigenvalue weighted by atomic mass is 9.85. The van der Waals surface area contributed by atoms with Gasteiger partial charge in [-0.2, -0.15) is 10.1 Å². The van der Waals surface area contributed by atoms with Gasteiger partial charge in [0.15, 0.2) is 0 Å². The topological polar surface area (TPSA) is 100 Å². The van der Waals surface area contributed by atoms with Crippen molar-refractivity contribution in [2.75, 3.05) is 0 Å². The van der Waals surface area contributed by atoms with Gasteiger partial charge < -0.3 is 9.52 Å². The predicted octanol–water partition coefficient (Wildman–Crippen LogP) is 2.79. The number of hydrogen-bond acceptors (Lipinski definition) is 5. The highest BCUT2D eigenvalue weighted by atomic mass is 16.4. The van der Waals surface area contributed by atoms with Crippen LogP contribution < -0.4 is 0 Å². The third-order valence-electron chi connectivity index (χ3n) is 5.80. The Balaban J connectivity index is 1.39. The van der Waals surface area contributed by atoms with Crippen molar-refractivity contribution in [2.45, 2.75) is 6.42 Å². The summed E-state index contributed by atoms with van der Waals surface area (Å²) < 4.78 is 5.67. The summed E-state index contributed by atoms with van der Waals surface area (Å²) in [5, 5.41) is 14.3. The number of aromatic carboxylic acids is 1. The van der Waals surface area contributed by atoms with Gasteiger partial charge in [-0.3, -0.25) is 9.59 Å². The summed E-state index contributed by atoms with van der Waals surface area (Å²) in [6.45, 7) is 0. The van der Waals surface area contributed by atoms with Gasteiger partial charge in [0.05, 0.1) is 23.6 Å². The van der Waals surface area contributed by atoms with Crippen molar-refractivity contribution in [3.05, 3.63) is 59.9 Å². The number of allylic oxidation sites excluding steroid dienone is 2. The van der Waals surface area contributed by atoms with Crippen LogP contribution in [0, 0.1) is 23.7 Å². The Bertz CT molecular complexity index is 1040. The number of imide groups is 1. The van der Waals surface area contributed by atoms with Crippen molar-refractivity contribution in [3.8, 4) is 11.3 Å². The molecular weight excluding hydrogens is 360 g/mol. The van der Waals surface area contributed by atoms with E-state index in [0.717, 1.165) is 11.4 Å². The first-order valence-corrected chi connectivity index (χ1v) is 9.07. The SMILES string of the molecule is O=C(O)c1ccccc1-c1ccc(/C=N\N2C(=O)[C@@H]3[C@H](C2=O)[C@@H]2C=C[C@H]3C2)o1. The summed E-state index contributed by atoms with van der Waals surface area (Å²) in [6.07, 6.45) is 6.25. The van der Waals surface area contributed by atoms with Gasteiger partial charge in [-0.25, -0.2) is 4.79 Å². The fourth-order valence-corrected chi connectivity index (χ4v) is 4.57. The Morgan fingerprint density at radius 3 is 2.43 bits per heavy atom. The van der Waals surface area contributed by atoms with Crippen LogP contribution in [0.25, 0.3) is 11.3 Å². The number of carboxylic acids is 1. The fraction of sp³-hybridized carbons (Fsp3) is 0.238. The van der Waals surface area contributed by atoms with E-state index in [4.69, 9.17) is 4.42 Å². The number of nitrogens with zero attached hydrogens (tertiary/aromatic N) is 2. The third-order valence-corrected chi connectivity index (χ3v) is 5.80. The summed E-state index contributed by atoms with van der Waals surface area (Å²) in [5.41, 5.74) is 0.571. The first-order valence-electron chi connectivity index (χ1n) is 9.07. The number of amides is 2. The first-order chi connectivity index (χ1) is 13.5. The van der Waals surface area contributed by atoms with Gasteiger partial charge in [0.2, 0.25) is 0 Å². The second kappa shape index (κ2) is 6.02. The molecular formula is C21H16N2O5. The second-order valence-corrected chi connectivity index (χ2v) is 7.29. The number of carbonyl (C=O) groups excluding carboxylic acids is 2. The molecule has 2 aromatic rings. The summed E-state index contributed by atoms with van der Waals surface area (Å²) in [7, 11) is 0. The quantitative estimate of drug-likeness (QED) is 0.502. The molecule has 1 N–H and O–H groups in total. The van der Waals surface area contributed by atoms with Crippen LogP contribution in [0.3, 0.4) is 0 Å². The van der Waals surface area contributed by atoms with Gasteiger partial charge in [-0.15, -0.1) is 0 Å². The van der Waals surface area contributed by atoms with Gasteiger partial charge in [-0.1, -0.05) is 30.4 Å². The minimum Gasteiger partial charge on any atom is -0.478 e. The van der Waals surface area contributed by atoms with Gasteiger partial charge in [-0.05, 0) is 36.5 Å². The average Bonchev–Trinajstić information content (AvgIpc) is 3.46. The van der Waals surface area contributed by atoms with E-state index >= 15 is 0 Å². The number of furan rings is 1. The number of hydrazone groups is 1. The summed E-state index contributed by atoms with van der Waals surface area (Å²) >= 11 is 0. The molecule has 4 atom stereocenters. The van der Waals surface area contributed by atoms with E-state index in [9.17, 15) is 19.5 Å². The van der Waals surface area contributed by atoms with Crippen molar-refractivity contribution >= 4 is 24.0 Å². The van der Waals surface area contributed by atoms with Crippen molar-refractivity contribution in [1.82, 2.24) is 5.01 Å². The Labute approximate surface area is 159 Å². The van der Waals surface area contributed by atoms with Crippen LogP contribution in [0.5, 0.6) is 0 Å². The van der Waals surface area contributed by atoms with Crippen molar-refractivity contribution in [2.24, 2.45) is 28.8 Å². The third kappa shape index (κ3) is 2.36. The molecule has 28 heavy (non-hydrogen) atoms. The Kier molecular flexibility index (Phi) is 3.58. The average molecular weight is 376 g/mol. The van der Waals surface area contributed by atoms with Crippen LogP contribution in [0.4, 0.5) is 0 Å². The van der Waals surface area contributed by atoms with E-state index in [2.05, 4.69) is 5.10 Å². The molecule has 7 nitrogen and oxygen atoms in total. The smallest absolute Gasteiger partial charge is 0.336 e. The molecule has 2 aliphatic carbocycles. The van der Waals surface area contributed by atoms with Crippen LogP contribution >= 0.6 is 0 Å². The van der Waals surface area contributed by atoms with Crippen LogP contribution in [0.2, 0.25) is 0 Å². The maximum Gasteiger partial charge on any atom is 0.336 e. The van der Waals surface area contributed by atoms with Crippen LogP contribution in [0.1, 0.15) is 22.5 Å². The Morgan fingerprint density at radius 1 is 1.07 bits per heavy atom. The van der Waals surface area contributed by atoms with E-state index in [0.29, 0.717) is 17.1 Å². The fourth-order valence-electron chi connectivity index (χ4n) is 4.57. The lowest BCUT2D eigenvalue weighted by molar-refractivity contribution is -0.140.